The molecule has 0 aromatic heterocycles. The minimum Gasteiger partial charge on any atom is -0.468 e. The van der Waals surface area contributed by atoms with E-state index in [1.807, 2.05) is 36.4 Å². The summed E-state index contributed by atoms with van der Waals surface area (Å²) in [4.78, 5) is 24.6. The molecule has 1 aromatic carbocycles. The van der Waals surface area contributed by atoms with E-state index in [0.717, 1.165) is 30.4 Å². The van der Waals surface area contributed by atoms with E-state index >= 15 is 0 Å². The molecule has 1 aromatic rings. The van der Waals surface area contributed by atoms with Gasteiger partial charge in [-0.05, 0) is 36.3 Å². The fourth-order valence-corrected chi connectivity index (χ4v) is 3.61. The highest BCUT2D eigenvalue weighted by Crippen LogP contribution is 2.49. The van der Waals surface area contributed by atoms with Crippen molar-refractivity contribution in [1.29, 1.82) is 0 Å². The monoisotopic (exact) mass is 270 g/mol. The highest BCUT2D eigenvalue weighted by atomic mass is 16.5. The fraction of sp³-hybridized carbons (Fsp3) is 0.412. The van der Waals surface area contributed by atoms with Crippen LogP contribution >= 0.6 is 0 Å². The normalized spacial score (nSPS) is 28.8. The fourth-order valence-electron chi connectivity index (χ4n) is 3.61. The van der Waals surface area contributed by atoms with Crippen LogP contribution in [0.4, 0.5) is 0 Å². The molecule has 2 aliphatic carbocycles. The van der Waals surface area contributed by atoms with Crippen LogP contribution in [0.2, 0.25) is 0 Å². The summed E-state index contributed by atoms with van der Waals surface area (Å²) >= 11 is 0. The molecule has 104 valence electrons. The zero-order valence-electron chi connectivity index (χ0n) is 11.5. The Morgan fingerprint density at radius 2 is 2.00 bits per heavy atom. The van der Waals surface area contributed by atoms with Crippen molar-refractivity contribution < 1.29 is 14.3 Å². The second-order valence-electron chi connectivity index (χ2n) is 5.50. The third-order valence-corrected chi connectivity index (χ3v) is 4.48. The molecule has 3 rings (SSSR count). The summed E-state index contributed by atoms with van der Waals surface area (Å²) in [6, 6.07) is 9.87. The van der Waals surface area contributed by atoms with Gasteiger partial charge in [0.1, 0.15) is 5.92 Å². The molecule has 20 heavy (non-hydrogen) atoms. The molecule has 3 atom stereocenters. The zero-order valence-corrected chi connectivity index (χ0v) is 11.5. The average Bonchev–Trinajstić information content (AvgIpc) is 2.81. The maximum Gasteiger partial charge on any atom is 0.317 e. The molecule has 0 N–H and O–H groups in total. The van der Waals surface area contributed by atoms with Gasteiger partial charge in [-0.2, -0.15) is 0 Å². The van der Waals surface area contributed by atoms with E-state index in [-0.39, 0.29) is 17.6 Å². The molecule has 0 saturated heterocycles. The van der Waals surface area contributed by atoms with Gasteiger partial charge in [0.2, 0.25) is 0 Å². The second kappa shape index (κ2) is 5.23. The van der Waals surface area contributed by atoms with Crippen molar-refractivity contribution in [3.8, 4) is 0 Å². The van der Waals surface area contributed by atoms with Crippen LogP contribution in [0.5, 0.6) is 0 Å². The molecule has 0 bridgehead atoms. The third-order valence-electron chi connectivity index (χ3n) is 4.48. The summed E-state index contributed by atoms with van der Waals surface area (Å²) in [6.07, 6.45) is 5.02. The molecule has 3 nitrogen and oxygen atoms in total. The van der Waals surface area contributed by atoms with Gasteiger partial charge >= 0.3 is 5.97 Å². The van der Waals surface area contributed by atoms with Crippen molar-refractivity contribution >= 4 is 11.8 Å². The molecule has 3 heteroatoms. The van der Waals surface area contributed by atoms with E-state index in [1.54, 1.807) is 0 Å². The van der Waals surface area contributed by atoms with Crippen molar-refractivity contribution in [3.63, 3.8) is 0 Å². The Balaban J connectivity index is 2.07. The number of rotatable bonds is 2. The highest BCUT2D eigenvalue weighted by molar-refractivity contribution is 6.12. The number of carbonyl (C=O) groups excluding carboxylic acids is 2. The van der Waals surface area contributed by atoms with Gasteiger partial charge in [-0.25, -0.2) is 0 Å². The SMILES string of the molecule is COC(=O)[C@@H]1C(=O)C2=CCCCC2[C@H]1c1ccccc1. The van der Waals surface area contributed by atoms with E-state index in [0.29, 0.717) is 0 Å². The predicted molar refractivity (Wildman–Crippen MR) is 75.1 cm³/mol. The van der Waals surface area contributed by atoms with Crippen molar-refractivity contribution in [2.75, 3.05) is 7.11 Å². The van der Waals surface area contributed by atoms with Crippen molar-refractivity contribution in [2.24, 2.45) is 11.8 Å². The van der Waals surface area contributed by atoms with Gasteiger partial charge < -0.3 is 4.74 Å². The lowest BCUT2D eigenvalue weighted by molar-refractivity contribution is -0.148. The van der Waals surface area contributed by atoms with E-state index in [9.17, 15) is 9.59 Å². The van der Waals surface area contributed by atoms with Crippen molar-refractivity contribution in [2.45, 2.75) is 25.2 Å². The largest absolute Gasteiger partial charge is 0.468 e. The number of Topliss-reactive ketones (excluding diaryl/α,β-unsaturated/α-hetero) is 1. The van der Waals surface area contributed by atoms with Gasteiger partial charge in [0.05, 0.1) is 7.11 Å². The van der Waals surface area contributed by atoms with Gasteiger partial charge in [-0.3, -0.25) is 9.59 Å². The molecular formula is C17H18O3. The molecular weight excluding hydrogens is 252 g/mol. The Morgan fingerprint density at radius 1 is 1.25 bits per heavy atom. The molecule has 1 saturated carbocycles. The van der Waals surface area contributed by atoms with Gasteiger partial charge in [-0.1, -0.05) is 36.4 Å². The molecule has 1 unspecified atom stereocenters. The number of hydrogen-bond donors (Lipinski definition) is 0. The van der Waals surface area contributed by atoms with E-state index in [4.69, 9.17) is 4.74 Å². The predicted octanol–water partition coefficient (Wildman–Crippen LogP) is 2.87. The number of esters is 1. The van der Waals surface area contributed by atoms with Crippen LogP contribution in [0.25, 0.3) is 0 Å². The van der Waals surface area contributed by atoms with E-state index in [2.05, 4.69) is 0 Å². The van der Waals surface area contributed by atoms with E-state index in [1.165, 1.54) is 7.11 Å². The minimum atomic E-state index is -0.670. The number of fused-ring (bicyclic) bond motifs is 1. The topological polar surface area (TPSA) is 43.4 Å². The third kappa shape index (κ3) is 1.98. The van der Waals surface area contributed by atoms with Crippen LogP contribution in [0.1, 0.15) is 30.7 Å². The maximum absolute atomic E-state index is 12.6. The number of hydrogen-bond acceptors (Lipinski definition) is 3. The molecule has 1 fully saturated rings. The summed E-state index contributed by atoms with van der Waals surface area (Å²) < 4.78 is 4.88. The van der Waals surface area contributed by atoms with Crippen LogP contribution in [-0.4, -0.2) is 18.9 Å². The summed E-state index contributed by atoms with van der Waals surface area (Å²) in [6.45, 7) is 0. The quantitative estimate of drug-likeness (QED) is 0.613. The molecule has 2 aliphatic rings. The van der Waals surface area contributed by atoms with Gasteiger partial charge in [0.15, 0.2) is 5.78 Å². The van der Waals surface area contributed by atoms with Crippen LogP contribution < -0.4 is 0 Å². The van der Waals surface area contributed by atoms with E-state index < -0.39 is 11.9 Å². The Bertz CT molecular complexity index is 559. The molecule has 0 heterocycles. The molecule has 0 amide bonds. The first kappa shape index (κ1) is 13.1. The Kier molecular flexibility index (Phi) is 3.43. The Labute approximate surface area is 118 Å². The minimum absolute atomic E-state index is 0.0320. The smallest absolute Gasteiger partial charge is 0.317 e. The van der Waals surface area contributed by atoms with Gasteiger partial charge in [-0.15, -0.1) is 0 Å². The lowest BCUT2D eigenvalue weighted by Gasteiger charge is -2.24. The first-order valence-corrected chi connectivity index (χ1v) is 7.11. The molecule has 0 radical (unpaired) electrons. The first-order valence-electron chi connectivity index (χ1n) is 7.11. The number of allylic oxidation sites excluding steroid dienone is 2. The van der Waals surface area contributed by atoms with Crippen molar-refractivity contribution in [3.05, 3.63) is 47.5 Å². The number of benzene rings is 1. The van der Waals surface area contributed by atoms with Crippen LogP contribution in [0, 0.1) is 11.8 Å². The highest BCUT2D eigenvalue weighted by Gasteiger charge is 2.51. The standard InChI is InChI=1S/C17H18O3/c1-20-17(19)15-14(11-7-3-2-4-8-11)12-9-5-6-10-13(12)16(15)18/h2-4,7-8,10,12,14-15H,5-6,9H2,1H3/t12?,14-,15+/m1/s1. The van der Waals surface area contributed by atoms with Crippen molar-refractivity contribution in [1.82, 2.24) is 0 Å². The Morgan fingerprint density at radius 3 is 2.70 bits per heavy atom. The zero-order chi connectivity index (χ0) is 14.1. The molecule has 0 spiro atoms. The number of carbonyl (C=O) groups is 2. The Hall–Kier alpha value is -1.90. The number of ether oxygens (including phenoxy) is 1. The van der Waals surface area contributed by atoms with Gasteiger partial charge in [0.25, 0.3) is 0 Å². The first-order chi connectivity index (χ1) is 9.74. The van der Waals surface area contributed by atoms with Crippen LogP contribution in [-0.2, 0) is 14.3 Å². The average molecular weight is 270 g/mol. The second-order valence-corrected chi connectivity index (χ2v) is 5.50. The number of methoxy groups -OCH3 is 1. The summed E-state index contributed by atoms with van der Waals surface area (Å²) in [5.41, 5.74) is 1.91. The van der Waals surface area contributed by atoms with Crippen LogP contribution in [0.3, 0.4) is 0 Å². The lowest BCUT2D eigenvalue weighted by atomic mass is 9.78. The van der Waals surface area contributed by atoms with Gasteiger partial charge in [0, 0.05) is 5.92 Å². The summed E-state index contributed by atoms with van der Waals surface area (Å²) in [7, 11) is 1.36. The maximum atomic E-state index is 12.6. The summed E-state index contributed by atoms with van der Waals surface area (Å²) in [5.74, 6) is -1.00. The lowest BCUT2D eigenvalue weighted by Crippen LogP contribution is -2.26. The van der Waals surface area contributed by atoms with Crippen LogP contribution in [0.15, 0.2) is 42.0 Å². The molecule has 0 aliphatic heterocycles. The number of ketones is 1. The summed E-state index contributed by atoms with van der Waals surface area (Å²) in [5, 5.41) is 0.